The summed E-state index contributed by atoms with van der Waals surface area (Å²) in [6.07, 6.45) is 5.56. The molecule has 0 aliphatic carbocycles. The van der Waals surface area contributed by atoms with Gasteiger partial charge in [-0.1, -0.05) is 56.5 Å². The van der Waals surface area contributed by atoms with E-state index < -0.39 is 5.41 Å². The van der Waals surface area contributed by atoms with Crippen molar-refractivity contribution in [3.8, 4) is 6.07 Å². The lowest BCUT2D eigenvalue weighted by atomic mass is 9.79. The molecule has 0 radical (unpaired) electrons. The third-order valence-corrected chi connectivity index (χ3v) is 7.70. The molecule has 1 heterocycles. The molecule has 39 heavy (non-hydrogen) atoms. The summed E-state index contributed by atoms with van der Waals surface area (Å²) in [4.78, 5) is 41.0. The minimum Gasteiger partial charge on any atom is -0.461 e. The normalized spacial score (nSPS) is 14.8. The molecule has 1 aliphatic rings. The minimum atomic E-state index is -0.794. The second-order valence-corrected chi connectivity index (χ2v) is 11.0. The number of piperidine rings is 1. The van der Waals surface area contributed by atoms with Gasteiger partial charge in [0.05, 0.1) is 17.0 Å². The molecule has 1 N–H and O–H groups in total. The van der Waals surface area contributed by atoms with E-state index in [1.165, 1.54) is 0 Å². The Balaban J connectivity index is 1.56. The van der Waals surface area contributed by atoms with E-state index in [0.717, 1.165) is 37.7 Å². The van der Waals surface area contributed by atoms with Crippen LogP contribution in [-0.2, 0) is 20.9 Å². The number of hydrogen-bond donors (Lipinski definition) is 1. The fourth-order valence-corrected chi connectivity index (χ4v) is 5.08. The number of carbonyl (C=O) groups excluding carboxylic acids is 3. The van der Waals surface area contributed by atoms with Gasteiger partial charge in [-0.05, 0) is 68.9 Å². The molecule has 3 rings (SSSR count). The number of ether oxygens (including phenoxy) is 1. The number of esters is 1. The number of amides is 2. The molecular formula is C32H41N3O4. The van der Waals surface area contributed by atoms with Crippen LogP contribution in [0, 0.1) is 22.7 Å². The van der Waals surface area contributed by atoms with Crippen molar-refractivity contribution < 1.29 is 19.1 Å². The maximum absolute atomic E-state index is 13.7. The van der Waals surface area contributed by atoms with Gasteiger partial charge in [0.15, 0.2) is 0 Å². The van der Waals surface area contributed by atoms with Gasteiger partial charge in [0, 0.05) is 31.1 Å². The molecule has 1 aliphatic heterocycles. The Hall–Kier alpha value is -3.66. The summed E-state index contributed by atoms with van der Waals surface area (Å²) in [6.45, 7) is 7.41. The Bertz CT molecular complexity index is 1130. The molecule has 1 saturated heterocycles. The van der Waals surface area contributed by atoms with Crippen molar-refractivity contribution in [3.05, 3.63) is 71.3 Å². The van der Waals surface area contributed by atoms with E-state index in [9.17, 15) is 14.4 Å². The van der Waals surface area contributed by atoms with E-state index in [-0.39, 0.29) is 36.4 Å². The summed E-state index contributed by atoms with van der Waals surface area (Å²) in [5, 5.41) is 12.2. The Labute approximate surface area is 232 Å². The summed E-state index contributed by atoms with van der Waals surface area (Å²) < 4.78 is 5.45. The standard InChI is InChI=1S/C32H41N3O4/c1-4-5-7-12-28(34-30(37)27-15-13-25(22-33)14-16-27)32(2,3)31(38)35-19-17-24(18-20-35)21-29(36)39-23-26-10-8-6-9-11-26/h6,8-11,13-16,24,28H,4-5,7,12,17-21,23H2,1-3H3,(H,34,37). The molecule has 208 valence electrons. The van der Waals surface area contributed by atoms with E-state index in [1.807, 2.05) is 49.1 Å². The number of rotatable bonds is 12. The SMILES string of the molecule is CCCCCC(NC(=O)c1ccc(C#N)cc1)C(C)(C)C(=O)N1CCC(CC(=O)OCc2ccccc2)CC1. The molecule has 1 fully saturated rings. The third-order valence-electron chi connectivity index (χ3n) is 7.70. The van der Waals surface area contributed by atoms with Crippen LogP contribution in [0.3, 0.4) is 0 Å². The van der Waals surface area contributed by atoms with Crippen LogP contribution in [0.5, 0.6) is 0 Å². The number of nitrogens with zero attached hydrogens (tertiary/aromatic N) is 2. The largest absolute Gasteiger partial charge is 0.461 e. The smallest absolute Gasteiger partial charge is 0.306 e. The second-order valence-electron chi connectivity index (χ2n) is 11.0. The maximum atomic E-state index is 13.7. The van der Waals surface area contributed by atoms with Crippen LogP contribution in [0.25, 0.3) is 0 Å². The number of hydrogen-bond acceptors (Lipinski definition) is 5. The van der Waals surface area contributed by atoms with Gasteiger partial charge in [-0.15, -0.1) is 0 Å². The predicted octanol–water partition coefficient (Wildman–Crippen LogP) is 5.64. The number of carbonyl (C=O) groups is 3. The monoisotopic (exact) mass is 531 g/mol. The summed E-state index contributed by atoms with van der Waals surface area (Å²) >= 11 is 0. The highest BCUT2D eigenvalue weighted by molar-refractivity contribution is 5.95. The molecule has 7 nitrogen and oxygen atoms in total. The number of unbranched alkanes of at least 4 members (excludes halogenated alkanes) is 2. The lowest BCUT2D eigenvalue weighted by Crippen LogP contribution is -2.55. The van der Waals surface area contributed by atoms with Gasteiger partial charge < -0.3 is 15.0 Å². The van der Waals surface area contributed by atoms with E-state index in [1.54, 1.807) is 24.3 Å². The number of likely N-dealkylation sites (tertiary alicyclic amines) is 1. The Morgan fingerprint density at radius 1 is 1.05 bits per heavy atom. The fourth-order valence-electron chi connectivity index (χ4n) is 5.08. The summed E-state index contributed by atoms with van der Waals surface area (Å²) in [5.41, 5.74) is 1.14. The van der Waals surface area contributed by atoms with Crippen molar-refractivity contribution in [2.24, 2.45) is 11.3 Å². The zero-order valence-electron chi connectivity index (χ0n) is 23.4. The third kappa shape index (κ3) is 8.68. The van der Waals surface area contributed by atoms with Crippen molar-refractivity contribution in [1.82, 2.24) is 10.2 Å². The molecule has 0 saturated carbocycles. The predicted molar refractivity (Wildman–Crippen MR) is 150 cm³/mol. The first-order valence-corrected chi connectivity index (χ1v) is 14.0. The summed E-state index contributed by atoms with van der Waals surface area (Å²) in [6, 6.07) is 17.9. The molecule has 2 amide bonds. The van der Waals surface area contributed by atoms with Crippen molar-refractivity contribution in [2.45, 2.75) is 78.4 Å². The molecule has 0 spiro atoms. The lowest BCUT2D eigenvalue weighted by molar-refractivity contribution is -0.147. The van der Waals surface area contributed by atoms with Crippen LogP contribution in [0.15, 0.2) is 54.6 Å². The van der Waals surface area contributed by atoms with E-state index >= 15 is 0 Å². The Morgan fingerprint density at radius 2 is 1.72 bits per heavy atom. The van der Waals surface area contributed by atoms with Crippen LogP contribution in [0.2, 0.25) is 0 Å². The fraction of sp³-hybridized carbons (Fsp3) is 0.500. The molecule has 2 aromatic rings. The van der Waals surface area contributed by atoms with Gasteiger partial charge in [-0.3, -0.25) is 14.4 Å². The average molecular weight is 532 g/mol. The second kappa shape index (κ2) is 14.5. The zero-order chi connectivity index (χ0) is 28.3. The molecular weight excluding hydrogens is 490 g/mol. The molecule has 1 atom stereocenters. The van der Waals surface area contributed by atoms with Gasteiger partial charge in [0.2, 0.25) is 5.91 Å². The lowest BCUT2D eigenvalue weighted by Gasteiger charge is -2.40. The van der Waals surface area contributed by atoms with E-state index in [0.29, 0.717) is 37.1 Å². The van der Waals surface area contributed by atoms with Crippen LogP contribution in [-0.4, -0.2) is 41.8 Å². The first-order chi connectivity index (χ1) is 18.7. The first kappa shape index (κ1) is 29.9. The van der Waals surface area contributed by atoms with Gasteiger partial charge in [-0.25, -0.2) is 0 Å². The van der Waals surface area contributed by atoms with Crippen LogP contribution in [0.4, 0.5) is 0 Å². The minimum absolute atomic E-state index is 0.0224. The number of benzene rings is 2. The zero-order valence-corrected chi connectivity index (χ0v) is 23.4. The highest BCUT2D eigenvalue weighted by atomic mass is 16.5. The van der Waals surface area contributed by atoms with Crippen molar-refractivity contribution in [2.75, 3.05) is 13.1 Å². The van der Waals surface area contributed by atoms with Crippen LogP contribution < -0.4 is 5.32 Å². The topological polar surface area (TPSA) is 99.5 Å². The molecule has 2 aromatic carbocycles. The highest BCUT2D eigenvalue weighted by Gasteiger charge is 2.41. The Kier molecular flexibility index (Phi) is 11.1. The highest BCUT2D eigenvalue weighted by Crippen LogP contribution is 2.31. The van der Waals surface area contributed by atoms with E-state index in [2.05, 4.69) is 18.3 Å². The van der Waals surface area contributed by atoms with Crippen molar-refractivity contribution >= 4 is 17.8 Å². The maximum Gasteiger partial charge on any atom is 0.306 e. The molecule has 0 aromatic heterocycles. The molecule has 1 unspecified atom stereocenters. The van der Waals surface area contributed by atoms with Crippen molar-refractivity contribution in [1.29, 1.82) is 5.26 Å². The Morgan fingerprint density at radius 3 is 2.33 bits per heavy atom. The first-order valence-electron chi connectivity index (χ1n) is 14.0. The van der Waals surface area contributed by atoms with Gasteiger partial charge in [-0.2, -0.15) is 5.26 Å². The van der Waals surface area contributed by atoms with Gasteiger partial charge >= 0.3 is 5.97 Å². The molecule has 0 bridgehead atoms. The summed E-state index contributed by atoms with van der Waals surface area (Å²) in [7, 11) is 0. The number of nitrogens with one attached hydrogen (secondary N) is 1. The average Bonchev–Trinajstić information content (AvgIpc) is 2.96. The van der Waals surface area contributed by atoms with E-state index in [4.69, 9.17) is 10.00 Å². The molecule has 7 heteroatoms. The van der Waals surface area contributed by atoms with Crippen molar-refractivity contribution in [3.63, 3.8) is 0 Å². The summed E-state index contributed by atoms with van der Waals surface area (Å²) in [5.74, 6) is -0.230. The van der Waals surface area contributed by atoms with Crippen LogP contribution in [0.1, 0.15) is 87.2 Å². The van der Waals surface area contributed by atoms with Gasteiger partial charge in [0.25, 0.3) is 5.91 Å². The number of nitriles is 1. The van der Waals surface area contributed by atoms with Gasteiger partial charge in [0.1, 0.15) is 6.61 Å². The van der Waals surface area contributed by atoms with Crippen LogP contribution >= 0.6 is 0 Å². The quantitative estimate of drug-likeness (QED) is 0.282.